The molecule has 0 radical (unpaired) electrons. The highest BCUT2D eigenvalue weighted by Gasteiger charge is 2.08. The summed E-state index contributed by atoms with van der Waals surface area (Å²) in [6.45, 7) is 11.9. The van der Waals surface area contributed by atoms with E-state index < -0.39 is 0 Å². The van der Waals surface area contributed by atoms with Crippen molar-refractivity contribution in [3.05, 3.63) is 11.9 Å². The van der Waals surface area contributed by atoms with Gasteiger partial charge in [0.1, 0.15) is 0 Å². The maximum absolute atomic E-state index is 4.49. The molecule has 0 amide bonds. The fourth-order valence-electron chi connectivity index (χ4n) is 1.52. The third kappa shape index (κ3) is 3.57. The highest BCUT2D eigenvalue weighted by atomic mass is 15.2. The van der Waals surface area contributed by atoms with Gasteiger partial charge in [0.05, 0.1) is 5.69 Å². The zero-order valence-corrected chi connectivity index (χ0v) is 10.5. The molecular weight excluding hydrogens is 186 g/mol. The smallest absolute Gasteiger partial charge is 0.203 e. The van der Waals surface area contributed by atoms with E-state index in [0.29, 0.717) is 12.0 Å². The predicted octanol–water partition coefficient (Wildman–Crippen LogP) is 3.06. The van der Waals surface area contributed by atoms with Crippen LogP contribution in [0.3, 0.4) is 0 Å². The molecule has 15 heavy (non-hydrogen) atoms. The SMILES string of the molecule is CCC(C)Cn1cc(C)nc1NC(C)C. The van der Waals surface area contributed by atoms with E-state index >= 15 is 0 Å². The van der Waals surface area contributed by atoms with Crippen LogP contribution in [0.5, 0.6) is 0 Å². The van der Waals surface area contributed by atoms with Crippen molar-refractivity contribution in [2.75, 3.05) is 5.32 Å². The molecule has 1 aromatic rings. The van der Waals surface area contributed by atoms with E-state index in [-0.39, 0.29) is 0 Å². The van der Waals surface area contributed by atoms with Gasteiger partial charge in [0, 0.05) is 18.8 Å². The van der Waals surface area contributed by atoms with E-state index in [9.17, 15) is 0 Å². The maximum atomic E-state index is 4.49. The number of nitrogens with one attached hydrogen (secondary N) is 1. The maximum Gasteiger partial charge on any atom is 0.203 e. The highest BCUT2D eigenvalue weighted by molar-refractivity contribution is 5.29. The molecule has 0 fully saturated rings. The Balaban J connectivity index is 2.76. The van der Waals surface area contributed by atoms with Gasteiger partial charge in [0.2, 0.25) is 5.95 Å². The standard InChI is InChI=1S/C12H23N3/c1-6-10(4)7-15-8-11(5)14-12(15)13-9(2)3/h8-10H,6-7H2,1-5H3,(H,13,14). The zero-order chi connectivity index (χ0) is 11.4. The van der Waals surface area contributed by atoms with E-state index in [4.69, 9.17) is 0 Å². The minimum absolute atomic E-state index is 0.433. The molecule has 1 aromatic heterocycles. The minimum atomic E-state index is 0.433. The molecule has 0 bridgehead atoms. The van der Waals surface area contributed by atoms with Gasteiger partial charge in [0.15, 0.2) is 0 Å². The molecular formula is C12H23N3. The molecule has 0 spiro atoms. The normalized spacial score (nSPS) is 13.2. The third-order valence-corrected chi connectivity index (χ3v) is 2.52. The van der Waals surface area contributed by atoms with Crippen molar-refractivity contribution in [2.24, 2.45) is 5.92 Å². The molecule has 1 N–H and O–H groups in total. The number of rotatable bonds is 5. The van der Waals surface area contributed by atoms with Crippen LogP contribution in [-0.4, -0.2) is 15.6 Å². The lowest BCUT2D eigenvalue weighted by atomic mass is 10.1. The monoisotopic (exact) mass is 209 g/mol. The second-order valence-electron chi connectivity index (χ2n) is 4.67. The Morgan fingerprint density at radius 1 is 1.40 bits per heavy atom. The molecule has 0 aliphatic rings. The molecule has 1 atom stereocenters. The van der Waals surface area contributed by atoms with E-state index in [0.717, 1.165) is 18.2 Å². The molecule has 1 rings (SSSR count). The van der Waals surface area contributed by atoms with Crippen molar-refractivity contribution in [2.45, 2.75) is 53.6 Å². The van der Waals surface area contributed by atoms with Crippen molar-refractivity contribution < 1.29 is 0 Å². The van der Waals surface area contributed by atoms with Gasteiger partial charge in [-0.05, 0) is 26.7 Å². The Labute approximate surface area is 92.9 Å². The first-order valence-corrected chi connectivity index (χ1v) is 5.83. The molecule has 0 aliphatic heterocycles. The summed E-state index contributed by atoms with van der Waals surface area (Å²) in [4.78, 5) is 4.49. The Bertz CT molecular complexity index is 302. The van der Waals surface area contributed by atoms with Gasteiger partial charge in [0.25, 0.3) is 0 Å². The number of hydrogen-bond acceptors (Lipinski definition) is 2. The number of hydrogen-bond donors (Lipinski definition) is 1. The van der Waals surface area contributed by atoms with Crippen LogP contribution < -0.4 is 5.32 Å². The summed E-state index contributed by atoms with van der Waals surface area (Å²) in [7, 11) is 0. The lowest BCUT2D eigenvalue weighted by Gasteiger charge is -2.14. The van der Waals surface area contributed by atoms with Crippen LogP contribution in [0.25, 0.3) is 0 Å². The molecule has 0 aliphatic carbocycles. The first-order valence-electron chi connectivity index (χ1n) is 5.83. The Morgan fingerprint density at radius 2 is 2.07 bits per heavy atom. The van der Waals surface area contributed by atoms with Gasteiger partial charge in [-0.1, -0.05) is 20.3 Å². The summed E-state index contributed by atoms with van der Waals surface area (Å²) in [5, 5.41) is 3.38. The van der Waals surface area contributed by atoms with Crippen molar-refractivity contribution in [1.82, 2.24) is 9.55 Å². The molecule has 3 nitrogen and oxygen atoms in total. The Morgan fingerprint density at radius 3 is 2.60 bits per heavy atom. The first kappa shape index (κ1) is 12.1. The quantitative estimate of drug-likeness (QED) is 0.807. The number of aromatic nitrogens is 2. The van der Waals surface area contributed by atoms with Crippen molar-refractivity contribution >= 4 is 5.95 Å². The van der Waals surface area contributed by atoms with Crippen LogP contribution in [-0.2, 0) is 6.54 Å². The van der Waals surface area contributed by atoms with Crippen molar-refractivity contribution in [3.63, 3.8) is 0 Å². The van der Waals surface area contributed by atoms with Crippen LogP contribution in [0.15, 0.2) is 6.20 Å². The summed E-state index contributed by atoms with van der Waals surface area (Å²) in [6, 6.07) is 0.433. The second kappa shape index (κ2) is 5.19. The third-order valence-electron chi connectivity index (χ3n) is 2.52. The van der Waals surface area contributed by atoms with Crippen LogP contribution in [0.1, 0.15) is 39.8 Å². The van der Waals surface area contributed by atoms with Gasteiger partial charge < -0.3 is 9.88 Å². The number of nitrogens with zero attached hydrogens (tertiary/aromatic N) is 2. The fourth-order valence-corrected chi connectivity index (χ4v) is 1.52. The lowest BCUT2D eigenvalue weighted by Crippen LogP contribution is -2.16. The Hall–Kier alpha value is -0.990. The van der Waals surface area contributed by atoms with Crippen LogP contribution in [0.2, 0.25) is 0 Å². The number of imidazole rings is 1. The van der Waals surface area contributed by atoms with E-state index in [1.165, 1.54) is 6.42 Å². The zero-order valence-electron chi connectivity index (χ0n) is 10.5. The van der Waals surface area contributed by atoms with Gasteiger partial charge in [-0.2, -0.15) is 0 Å². The van der Waals surface area contributed by atoms with E-state index in [2.05, 4.69) is 48.8 Å². The second-order valence-corrected chi connectivity index (χ2v) is 4.67. The van der Waals surface area contributed by atoms with Crippen molar-refractivity contribution in [3.8, 4) is 0 Å². The van der Waals surface area contributed by atoms with Crippen LogP contribution >= 0.6 is 0 Å². The van der Waals surface area contributed by atoms with E-state index in [1.807, 2.05) is 6.92 Å². The summed E-state index contributed by atoms with van der Waals surface area (Å²) in [6.07, 6.45) is 3.33. The Kier molecular flexibility index (Phi) is 4.18. The molecule has 0 saturated carbocycles. The summed E-state index contributed by atoms with van der Waals surface area (Å²) in [5.41, 5.74) is 1.08. The van der Waals surface area contributed by atoms with Gasteiger partial charge >= 0.3 is 0 Å². The van der Waals surface area contributed by atoms with Crippen molar-refractivity contribution in [1.29, 1.82) is 0 Å². The average molecular weight is 209 g/mol. The summed E-state index contributed by atoms with van der Waals surface area (Å²) < 4.78 is 2.23. The topological polar surface area (TPSA) is 29.9 Å². The van der Waals surface area contributed by atoms with Gasteiger partial charge in [-0.25, -0.2) is 4.98 Å². The largest absolute Gasteiger partial charge is 0.353 e. The van der Waals surface area contributed by atoms with Crippen LogP contribution in [0, 0.1) is 12.8 Å². The first-order chi connectivity index (χ1) is 7.02. The van der Waals surface area contributed by atoms with Gasteiger partial charge in [-0.15, -0.1) is 0 Å². The molecule has 0 saturated heterocycles. The average Bonchev–Trinajstić information content (AvgIpc) is 2.45. The minimum Gasteiger partial charge on any atom is -0.353 e. The number of anilines is 1. The number of aryl methyl sites for hydroxylation is 1. The summed E-state index contributed by atoms with van der Waals surface area (Å²) in [5.74, 6) is 1.70. The summed E-state index contributed by atoms with van der Waals surface area (Å²) >= 11 is 0. The molecule has 86 valence electrons. The van der Waals surface area contributed by atoms with Gasteiger partial charge in [-0.3, -0.25) is 0 Å². The highest BCUT2D eigenvalue weighted by Crippen LogP contribution is 2.14. The van der Waals surface area contributed by atoms with E-state index in [1.54, 1.807) is 0 Å². The molecule has 0 aromatic carbocycles. The molecule has 1 heterocycles. The van der Waals surface area contributed by atoms with Crippen LogP contribution in [0.4, 0.5) is 5.95 Å². The molecule has 1 unspecified atom stereocenters. The predicted molar refractivity (Wildman–Crippen MR) is 65.2 cm³/mol. The lowest BCUT2D eigenvalue weighted by molar-refractivity contribution is 0.470. The molecule has 3 heteroatoms. The fraction of sp³-hybridized carbons (Fsp3) is 0.750.